The Kier molecular flexibility index (Phi) is 19.9. The highest BCUT2D eigenvalue weighted by atomic mass is 16.4. The SMILES string of the molecule is CC(O)C(=O)O.CCCCCCCCCCCCCCCCC(C)(O)C(=O)O. The summed E-state index contributed by atoms with van der Waals surface area (Å²) >= 11 is 0. The highest BCUT2D eigenvalue weighted by Gasteiger charge is 2.28. The molecular weight excluding hydrogens is 360 g/mol. The predicted molar refractivity (Wildman–Crippen MR) is 113 cm³/mol. The van der Waals surface area contributed by atoms with Crippen LogP contribution in [0.15, 0.2) is 0 Å². The van der Waals surface area contributed by atoms with Crippen molar-refractivity contribution < 1.29 is 30.0 Å². The Morgan fingerprint density at radius 1 is 0.750 bits per heavy atom. The van der Waals surface area contributed by atoms with E-state index in [1.807, 2.05) is 0 Å². The lowest BCUT2D eigenvalue weighted by Crippen LogP contribution is -2.34. The van der Waals surface area contributed by atoms with E-state index < -0.39 is 23.6 Å². The van der Waals surface area contributed by atoms with Crippen LogP contribution >= 0.6 is 0 Å². The zero-order valence-corrected chi connectivity index (χ0v) is 18.3. The molecule has 0 aromatic carbocycles. The largest absolute Gasteiger partial charge is 0.479 e. The molecule has 0 saturated heterocycles. The molecule has 0 aliphatic carbocycles. The maximum atomic E-state index is 10.7. The first-order chi connectivity index (χ1) is 13.1. The van der Waals surface area contributed by atoms with Gasteiger partial charge in [-0.1, -0.05) is 90.4 Å². The molecule has 0 aliphatic rings. The Balaban J connectivity index is 0. The van der Waals surface area contributed by atoms with E-state index in [1.54, 1.807) is 0 Å². The minimum absolute atomic E-state index is 0.361. The molecule has 0 aliphatic heterocycles. The monoisotopic (exact) mass is 404 g/mol. The van der Waals surface area contributed by atoms with Gasteiger partial charge in [0.2, 0.25) is 0 Å². The Labute approximate surface area is 171 Å². The number of aliphatic hydroxyl groups is 2. The molecule has 0 radical (unpaired) electrons. The number of rotatable bonds is 17. The van der Waals surface area contributed by atoms with Crippen LogP contribution in [0.25, 0.3) is 0 Å². The average Bonchev–Trinajstić information content (AvgIpc) is 2.62. The molecule has 0 amide bonds. The van der Waals surface area contributed by atoms with Crippen LogP contribution in [0.3, 0.4) is 0 Å². The van der Waals surface area contributed by atoms with Crippen molar-refractivity contribution in [3.8, 4) is 0 Å². The lowest BCUT2D eigenvalue weighted by Gasteiger charge is -2.17. The van der Waals surface area contributed by atoms with Crippen LogP contribution in [0.5, 0.6) is 0 Å². The lowest BCUT2D eigenvalue weighted by atomic mass is 9.97. The molecule has 0 aromatic heterocycles. The van der Waals surface area contributed by atoms with Crippen molar-refractivity contribution in [3.63, 3.8) is 0 Å². The Morgan fingerprint density at radius 3 is 1.29 bits per heavy atom. The number of carboxylic acid groups (broad SMARTS) is 2. The molecule has 0 heterocycles. The number of carbonyl (C=O) groups is 2. The van der Waals surface area contributed by atoms with Gasteiger partial charge in [0.05, 0.1) is 0 Å². The standard InChI is InChI=1S/C19H38O3.C3H6O3/c1-3-4-5-6-7-8-9-10-11-12-13-14-15-16-17-19(2,22)18(20)21;1-2(4)3(5)6/h22H,3-17H2,1-2H3,(H,20,21);2,4H,1H3,(H,5,6). The summed E-state index contributed by atoms with van der Waals surface area (Å²) in [6.45, 7) is 4.84. The van der Waals surface area contributed by atoms with E-state index in [2.05, 4.69) is 6.92 Å². The number of unbranched alkanes of at least 4 members (excludes halogenated alkanes) is 13. The van der Waals surface area contributed by atoms with Crippen LogP contribution in [-0.2, 0) is 9.59 Å². The maximum Gasteiger partial charge on any atom is 0.335 e. The van der Waals surface area contributed by atoms with E-state index in [9.17, 15) is 14.7 Å². The number of aliphatic hydroxyl groups excluding tert-OH is 1. The average molecular weight is 405 g/mol. The van der Waals surface area contributed by atoms with Crippen LogP contribution in [-0.4, -0.2) is 44.1 Å². The smallest absolute Gasteiger partial charge is 0.335 e. The fourth-order valence-corrected chi connectivity index (χ4v) is 2.77. The lowest BCUT2D eigenvalue weighted by molar-refractivity contribution is -0.157. The molecule has 0 bridgehead atoms. The summed E-state index contributed by atoms with van der Waals surface area (Å²) in [5, 5.41) is 34.1. The topological polar surface area (TPSA) is 115 Å². The minimum atomic E-state index is -1.54. The quantitative estimate of drug-likeness (QED) is 0.249. The predicted octanol–water partition coefficient (Wildman–Crippen LogP) is 5.15. The molecule has 0 fully saturated rings. The van der Waals surface area contributed by atoms with Gasteiger partial charge in [-0.25, -0.2) is 9.59 Å². The molecule has 0 aromatic rings. The van der Waals surface area contributed by atoms with Gasteiger partial charge in [-0.15, -0.1) is 0 Å². The zero-order valence-electron chi connectivity index (χ0n) is 18.3. The summed E-state index contributed by atoms with van der Waals surface area (Å²) in [6, 6.07) is 0. The number of hydrogen-bond acceptors (Lipinski definition) is 4. The van der Waals surface area contributed by atoms with Crippen molar-refractivity contribution in [2.45, 2.75) is 129 Å². The van der Waals surface area contributed by atoms with E-state index in [4.69, 9.17) is 15.3 Å². The van der Waals surface area contributed by atoms with Gasteiger partial charge >= 0.3 is 11.9 Å². The summed E-state index contributed by atoms with van der Waals surface area (Å²) in [6.07, 6.45) is 17.1. The third-order valence-corrected chi connectivity index (χ3v) is 4.84. The number of hydrogen-bond donors (Lipinski definition) is 4. The second-order valence-electron chi connectivity index (χ2n) is 7.94. The Hall–Kier alpha value is -1.14. The normalized spacial score (nSPS) is 13.9. The maximum absolute atomic E-state index is 10.7. The second-order valence-corrected chi connectivity index (χ2v) is 7.94. The molecule has 0 rings (SSSR count). The molecule has 6 heteroatoms. The van der Waals surface area contributed by atoms with Crippen molar-refractivity contribution in [1.29, 1.82) is 0 Å². The van der Waals surface area contributed by atoms with Crippen molar-refractivity contribution >= 4 is 11.9 Å². The molecule has 0 spiro atoms. The van der Waals surface area contributed by atoms with Crippen molar-refractivity contribution in [2.24, 2.45) is 0 Å². The Bertz CT molecular complexity index is 379. The third-order valence-electron chi connectivity index (χ3n) is 4.84. The van der Waals surface area contributed by atoms with E-state index in [1.165, 1.54) is 84.5 Å². The zero-order chi connectivity index (χ0) is 21.8. The molecule has 6 nitrogen and oxygen atoms in total. The molecule has 28 heavy (non-hydrogen) atoms. The van der Waals surface area contributed by atoms with Crippen molar-refractivity contribution in [2.75, 3.05) is 0 Å². The number of carboxylic acids is 2. The summed E-state index contributed by atoms with van der Waals surface area (Å²) in [7, 11) is 0. The summed E-state index contributed by atoms with van der Waals surface area (Å²) < 4.78 is 0. The second kappa shape index (κ2) is 19.2. The molecule has 4 N–H and O–H groups in total. The molecule has 2 unspecified atom stereocenters. The number of aliphatic carboxylic acids is 2. The van der Waals surface area contributed by atoms with Gasteiger partial charge < -0.3 is 20.4 Å². The first-order valence-corrected chi connectivity index (χ1v) is 11.0. The van der Waals surface area contributed by atoms with Gasteiger partial charge in [0, 0.05) is 0 Å². The van der Waals surface area contributed by atoms with Gasteiger partial charge in [-0.3, -0.25) is 0 Å². The van der Waals surface area contributed by atoms with Gasteiger partial charge in [0.25, 0.3) is 0 Å². The summed E-state index contributed by atoms with van der Waals surface area (Å²) in [4.78, 5) is 20.2. The van der Waals surface area contributed by atoms with Gasteiger partial charge in [-0.2, -0.15) is 0 Å². The third kappa shape index (κ3) is 21.2. The minimum Gasteiger partial charge on any atom is -0.479 e. The van der Waals surface area contributed by atoms with E-state index in [-0.39, 0.29) is 0 Å². The fourth-order valence-electron chi connectivity index (χ4n) is 2.77. The fraction of sp³-hybridized carbons (Fsp3) is 0.909. The highest BCUT2D eigenvalue weighted by molar-refractivity contribution is 5.76. The Morgan fingerprint density at radius 2 is 1.04 bits per heavy atom. The van der Waals surface area contributed by atoms with Crippen molar-refractivity contribution in [3.05, 3.63) is 0 Å². The summed E-state index contributed by atoms with van der Waals surface area (Å²) in [5.74, 6) is -2.29. The summed E-state index contributed by atoms with van der Waals surface area (Å²) in [5.41, 5.74) is -1.54. The highest BCUT2D eigenvalue weighted by Crippen LogP contribution is 2.17. The van der Waals surface area contributed by atoms with E-state index >= 15 is 0 Å². The van der Waals surface area contributed by atoms with Crippen molar-refractivity contribution in [1.82, 2.24) is 0 Å². The van der Waals surface area contributed by atoms with Crippen LogP contribution in [0.2, 0.25) is 0 Å². The molecule has 0 saturated carbocycles. The molecule has 168 valence electrons. The van der Waals surface area contributed by atoms with E-state index in [0.29, 0.717) is 6.42 Å². The van der Waals surface area contributed by atoms with Gasteiger partial charge in [0.15, 0.2) is 5.60 Å². The van der Waals surface area contributed by atoms with Gasteiger partial charge in [-0.05, 0) is 26.7 Å². The first-order valence-electron chi connectivity index (χ1n) is 11.0. The first kappa shape index (κ1) is 29.1. The van der Waals surface area contributed by atoms with Crippen LogP contribution < -0.4 is 0 Å². The van der Waals surface area contributed by atoms with Crippen LogP contribution in [0, 0.1) is 0 Å². The van der Waals surface area contributed by atoms with E-state index in [0.717, 1.165) is 19.3 Å². The van der Waals surface area contributed by atoms with Crippen LogP contribution in [0.4, 0.5) is 0 Å². The van der Waals surface area contributed by atoms with Crippen LogP contribution in [0.1, 0.15) is 117 Å². The van der Waals surface area contributed by atoms with Gasteiger partial charge in [0.1, 0.15) is 6.10 Å². The molecular formula is C22H44O6. The molecule has 2 atom stereocenters.